The summed E-state index contributed by atoms with van der Waals surface area (Å²) in [5, 5.41) is 0. The Morgan fingerprint density at radius 1 is 0.600 bits per heavy atom. The van der Waals surface area contributed by atoms with Crippen LogP contribution in [0, 0.1) is 78.4 Å². The molecule has 0 aromatic rings. The van der Waals surface area contributed by atoms with E-state index in [0.717, 1.165) is 0 Å². The normalized spacial score (nSPS) is 3.44. The Labute approximate surface area is 164 Å². The van der Waals surface area contributed by atoms with Crippen LogP contribution in [0.2, 0.25) is 0 Å². The smallest absolute Gasteiger partial charge is 0 e. The summed E-state index contributed by atoms with van der Waals surface area (Å²) >= 11 is 0. The number of hydrogen-bond donors (Lipinski definition) is 0. The van der Waals surface area contributed by atoms with Gasteiger partial charge >= 0.3 is 91.8 Å². The van der Waals surface area contributed by atoms with Crippen LogP contribution in [0.4, 0.5) is 17.3 Å². The van der Waals surface area contributed by atoms with Gasteiger partial charge in [0, 0.05) is 16.8 Å². The zero-order valence-corrected chi connectivity index (χ0v) is 13.9. The standard InChI is InChI=1S/2C3H3.6CO.BF4.2Co/c2*1-3-2;6*1-2;2-1(3,4)5;;/h2*1H,2H2;;;;;;;;;/q2*-1;;;;;;;-1;;+2. The monoisotopic (exact) mass is 451 g/mol. The van der Waals surface area contributed by atoms with Crippen LogP contribution in [0.5, 0.6) is 0 Å². The molecule has 0 rings (SSSR count). The molecule has 2 radical (unpaired) electrons. The van der Waals surface area contributed by atoms with E-state index in [9.17, 15) is 17.3 Å². The molecular formula is C12H6BCo2F4O6-. The number of terminal acetylenes is 2. The average molecular weight is 451 g/mol. The predicted molar refractivity (Wildman–Crippen MR) is 62.1 cm³/mol. The van der Waals surface area contributed by atoms with Crippen molar-refractivity contribution in [3.8, 4) is 24.7 Å². The molecule has 0 saturated carbocycles. The maximum Gasteiger partial charge on any atom is 2.00 e. The molecule has 0 spiro atoms. The maximum atomic E-state index is 9.75. The Hall–Kier alpha value is -1.90. The number of hydrogen-bond acceptors (Lipinski definition) is 0. The third kappa shape index (κ3) is 2470. The van der Waals surface area contributed by atoms with Gasteiger partial charge in [-0.2, -0.15) is 13.8 Å². The molecule has 0 fully saturated rings. The fourth-order valence-corrected chi connectivity index (χ4v) is 0. The van der Waals surface area contributed by atoms with E-state index < -0.39 is 7.25 Å². The summed E-state index contributed by atoms with van der Waals surface area (Å²) in [5.74, 6) is 4.00. The number of rotatable bonds is 0. The van der Waals surface area contributed by atoms with E-state index in [2.05, 4.69) is 66.6 Å². The Kier molecular flexibility index (Phi) is 815. The van der Waals surface area contributed by atoms with Gasteiger partial charge in [0.1, 0.15) is 0 Å². The molecule has 0 saturated heterocycles. The average Bonchev–Trinajstić information content (AvgIpc) is 2.58. The van der Waals surface area contributed by atoms with Crippen molar-refractivity contribution < 1.29 is 78.7 Å². The molecule has 13 heteroatoms. The molecule has 0 aromatic heterocycles. The van der Waals surface area contributed by atoms with Crippen molar-refractivity contribution in [2.45, 2.75) is 0 Å². The largest absolute Gasteiger partial charge is 2.00 e. The van der Waals surface area contributed by atoms with E-state index in [4.69, 9.17) is 27.9 Å². The third-order valence-electron chi connectivity index (χ3n) is 0. The second-order valence-corrected chi connectivity index (χ2v) is 0.903. The van der Waals surface area contributed by atoms with Crippen LogP contribution in [-0.2, 0) is 61.5 Å². The van der Waals surface area contributed by atoms with E-state index >= 15 is 0 Å². The fraction of sp³-hybridized carbons (Fsp3) is 0. The van der Waals surface area contributed by atoms with Crippen molar-refractivity contribution in [3.63, 3.8) is 0 Å². The first-order valence-corrected chi connectivity index (χ1v) is 3.38. The molecule has 0 aliphatic heterocycles. The van der Waals surface area contributed by atoms with E-state index in [1.165, 1.54) is 0 Å². The second-order valence-electron chi connectivity index (χ2n) is 0.903. The topological polar surface area (TPSA) is 119 Å². The number of halogens is 4. The van der Waals surface area contributed by atoms with Gasteiger partial charge in [-0.05, 0) is 0 Å². The van der Waals surface area contributed by atoms with Crippen LogP contribution in [0.1, 0.15) is 0 Å². The SMILES string of the molecule is C#C[CH2-].C#C[CH2-].F[B-](F)(F)F.[C-]#[O+].[C-]#[O+].[C-]#[O+].[C-]#[O+].[C-]#[O+].[C-]#[O+].[Co+2].[Co]. The molecule has 0 unspecified atom stereocenters. The van der Waals surface area contributed by atoms with E-state index in [1.54, 1.807) is 0 Å². The molecule has 0 aliphatic rings. The minimum Gasteiger partial charge on any atom is 0 e. The molecule has 0 amide bonds. The summed E-state index contributed by atoms with van der Waals surface area (Å²) in [6.45, 7) is 33.0. The van der Waals surface area contributed by atoms with Crippen LogP contribution >= 0.6 is 0 Å². The van der Waals surface area contributed by atoms with Crippen molar-refractivity contribution in [2.24, 2.45) is 0 Å². The molecule has 0 bridgehead atoms. The molecule has 0 atom stereocenters. The Morgan fingerprint density at radius 2 is 0.600 bits per heavy atom. The van der Waals surface area contributed by atoms with Gasteiger partial charge in [-0.25, -0.2) is 0 Å². The zero-order chi connectivity index (χ0) is 21.9. The van der Waals surface area contributed by atoms with E-state index in [1.807, 2.05) is 11.8 Å². The van der Waals surface area contributed by atoms with Crippen molar-refractivity contribution in [2.75, 3.05) is 0 Å². The van der Waals surface area contributed by atoms with Gasteiger partial charge in [0.05, 0.1) is 0 Å². The van der Waals surface area contributed by atoms with Gasteiger partial charge in [0.25, 0.3) is 0 Å². The molecule has 140 valence electrons. The summed E-state index contributed by atoms with van der Waals surface area (Å²) in [6.07, 6.45) is 8.97. The first-order valence-electron chi connectivity index (χ1n) is 3.38. The maximum absolute atomic E-state index is 9.75. The summed E-state index contributed by atoms with van der Waals surface area (Å²) in [7, 11) is -6.00. The van der Waals surface area contributed by atoms with E-state index in [-0.39, 0.29) is 33.6 Å². The summed E-state index contributed by atoms with van der Waals surface area (Å²) in [5.41, 5.74) is 0. The summed E-state index contributed by atoms with van der Waals surface area (Å²) in [6, 6.07) is 0. The van der Waals surface area contributed by atoms with Gasteiger partial charge in [-0.1, -0.05) is 0 Å². The van der Waals surface area contributed by atoms with Gasteiger partial charge in [-0.15, -0.1) is 0 Å². The van der Waals surface area contributed by atoms with Crippen LogP contribution in [0.3, 0.4) is 0 Å². The predicted octanol–water partition coefficient (Wildman–Crippen LogP) is 1.98. The minimum atomic E-state index is -6.00. The van der Waals surface area contributed by atoms with Gasteiger partial charge in [0.2, 0.25) is 0 Å². The Morgan fingerprint density at radius 3 is 0.600 bits per heavy atom. The first kappa shape index (κ1) is 77.1. The van der Waals surface area contributed by atoms with Crippen LogP contribution in [-0.4, -0.2) is 7.25 Å². The quantitative estimate of drug-likeness (QED) is 0.176. The molecule has 0 aromatic carbocycles. The van der Waals surface area contributed by atoms with Gasteiger partial charge in [0.15, 0.2) is 0 Å². The Balaban J connectivity index is -0.00000001000. The molecule has 6 nitrogen and oxygen atoms in total. The third-order valence-corrected chi connectivity index (χ3v) is 0. The molecular weight excluding hydrogens is 445 g/mol. The molecule has 0 aliphatic carbocycles. The Bertz CT molecular complexity index is 298. The fourth-order valence-electron chi connectivity index (χ4n) is 0. The van der Waals surface area contributed by atoms with Crippen molar-refractivity contribution in [1.29, 1.82) is 0 Å². The summed E-state index contributed by atoms with van der Waals surface area (Å²) in [4.78, 5) is 0. The zero-order valence-electron chi connectivity index (χ0n) is 11.8. The van der Waals surface area contributed by atoms with Crippen LogP contribution in [0.15, 0.2) is 0 Å². The molecule has 0 N–H and O–H groups in total. The summed E-state index contributed by atoms with van der Waals surface area (Å²) < 4.78 is 84.0. The second kappa shape index (κ2) is 265. The van der Waals surface area contributed by atoms with Crippen LogP contribution in [0.25, 0.3) is 0 Å². The minimum absolute atomic E-state index is 0. The molecule has 0 heterocycles. The first-order chi connectivity index (χ1) is 10.8. The van der Waals surface area contributed by atoms with Crippen molar-refractivity contribution >= 4 is 7.25 Å². The van der Waals surface area contributed by atoms with Crippen molar-refractivity contribution in [3.05, 3.63) is 53.7 Å². The van der Waals surface area contributed by atoms with E-state index in [0.29, 0.717) is 0 Å². The van der Waals surface area contributed by atoms with Gasteiger partial charge in [-0.3, -0.25) is 0 Å². The van der Waals surface area contributed by atoms with Crippen molar-refractivity contribution in [1.82, 2.24) is 0 Å². The molecule has 25 heavy (non-hydrogen) atoms. The van der Waals surface area contributed by atoms with Gasteiger partial charge < -0.3 is 42.0 Å². The van der Waals surface area contributed by atoms with Crippen LogP contribution < -0.4 is 0 Å².